The van der Waals surface area contributed by atoms with Crippen LogP contribution in [0.15, 0.2) is 48.5 Å². The van der Waals surface area contributed by atoms with E-state index in [1.165, 1.54) is 11.1 Å². The van der Waals surface area contributed by atoms with Crippen LogP contribution < -0.4 is 0 Å². The Balaban J connectivity index is 0.00000136. The fraction of sp³-hybridized carbons (Fsp3) is 0.250. The number of rotatable bonds is 4. The van der Waals surface area contributed by atoms with Gasteiger partial charge in [-0.3, -0.25) is 0 Å². The number of hydrogen-bond acceptors (Lipinski definition) is 2. The molecule has 0 saturated carbocycles. The van der Waals surface area contributed by atoms with Crippen molar-refractivity contribution in [2.45, 2.75) is 34.1 Å². The summed E-state index contributed by atoms with van der Waals surface area (Å²) in [5, 5.41) is 19.1. The molecular weight excluding hydrogens is 348 g/mol. The SMILES string of the molecule is CC.Cc1cccc(Cc2ccc(-c3c(C#N)c(C)n(C)c3C(=O)O)cc2)c1. The summed E-state index contributed by atoms with van der Waals surface area (Å²) in [6, 6.07) is 18.3. The Kier molecular flexibility index (Phi) is 6.79. The van der Waals surface area contributed by atoms with E-state index in [-0.39, 0.29) is 5.69 Å². The van der Waals surface area contributed by atoms with Gasteiger partial charge >= 0.3 is 5.97 Å². The van der Waals surface area contributed by atoms with Crippen LogP contribution in [0.4, 0.5) is 0 Å². The first kappa shape index (κ1) is 21.0. The largest absolute Gasteiger partial charge is 0.477 e. The zero-order valence-corrected chi connectivity index (χ0v) is 17.1. The number of benzene rings is 2. The molecule has 3 rings (SSSR count). The number of carbonyl (C=O) groups is 1. The number of carboxylic acids is 1. The first-order valence-electron chi connectivity index (χ1n) is 9.40. The Bertz CT molecular complexity index is 1020. The van der Waals surface area contributed by atoms with Crippen LogP contribution in [0, 0.1) is 25.2 Å². The van der Waals surface area contributed by atoms with Gasteiger partial charge in [-0.15, -0.1) is 0 Å². The van der Waals surface area contributed by atoms with Gasteiger partial charge in [0.2, 0.25) is 0 Å². The van der Waals surface area contributed by atoms with Crippen molar-refractivity contribution in [3.05, 3.63) is 82.2 Å². The zero-order valence-electron chi connectivity index (χ0n) is 17.1. The van der Waals surface area contributed by atoms with Crippen LogP contribution in [0.25, 0.3) is 11.1 Å². The lowest BCUT2D eigenvalue weighted by molar-refractivity contribution is 0.0687. The average molecular weight is 374 g/mol. The van der Waals surface area contributed by atoms with Crippen LogP contribution in [0.5, 0.6) is 0 Å². The number of aromatic nitrogens is 1. The monoisotopic (exact) mass is 374 g/mol. The second kappa shape index (κ2) is 9.05. The standard InChI is InChI=1S/C22H20N2O2.C2H6/c1-14-5-4-6-17(11-14)12-16-7-9-18(10-8-16)20-19(13-23)15(2)24(3)21(20)22(25)26;1-2/h4-11H,12H2,1-3H3,(H,25,26);1-2H3. The molecule has 28 heavy (non-hydrogen) atoms. The predicted octanol–water partition coefficient (Wildman–Crippen LogP) is 5.50. The minimum absolute atomic E-state index is 0.144. The molecule has 4 nitrogen and oxygen atoms in total. The van der Waals surface area contributed by atoms with E-state index in [9.17, 15) is 15.2 Å². The minimum Gasteiger partial charge on any atom is -0.477 e. The number of carboxylic acid groups (broad SMARTS) is 1. The van der Waals surface area contributed by atoms with Crippen molar-refractivity contribution < 1.29 is 9.90 Å². The lowest BCUT2D eigenvalue weighted by Crippen LogP contribution is -2.06. The molecule has 0 aliphatic rings. The van der Waals surface area contributed by atoms with Gasteiger partial charge in [0.1, 0.15) is 11.8 Å². The number of aryl methyl sites for hydroxylation is 1. The van der Waals surface area contributed by atoms with E-state index in [2.05, 4.69) is 31.2 Å². The predicted molar refractivity (Wildman–Crippen MR) is 113 cm³/mol. The summed E-state index contributed by atoms with van der Waals surface area (Å²) in [5.74, 6) is -1.03. The van der Waals surface area contributed by atoms with Crippen molar-refractivity contribution >= 4 is 5.97 Å². The molecule has 2 aromatic carbocycles. The third kappa shape index (κ3) is 4.15. The molecule has 0 saturated heterocycles. The van der Waals surface area contributed by atoms with Crippen molar-refractivity contribution in [3.8, 4) is 17.2 Å². The van der Waals surface area contributed by atoms with Gasteiger partial charge in [-0.05, 0) is 37.0 Å². The van der Waals surface area contributed by atoms with Gasteiger partial charge in [-0.2, -0.15) is 5.26 Å². The van der Waals surface area contributed by atoms with E-state index in [0.717, 1.165) is 17.5 Å². The van der Waals surface area contributed by atoms with Gasteiger partial charge in [0.25, 0.3) is 0 Å². The molecule has 0 aliphatic heterocycles. The summed E-state index contributed by atoms with van der Waals surface area (Å²) in [6.45, 7) is 7.84. The van der Waals surface area contributed by atoms with Crippen LogP contribution in [0.2, 0.25) is 0 Å². The van der Waals surface area contributed by atoms with Crippen molar-refractivity contribution in [1.29, 1.82) is 5.26 Å². The zero-order chi connectivity index (χ0) is 20.8. The fourth-order valence-electron chi connectivity index (χ4n) is 3.32. The van der Waals surface area contributed by atoms with Gasteiger partial charge in [0.05, 0.1) is 5.56 Å². The second-order valence-electron chi connectivity index (χ2n) is 6.52. The van der Waals surface area contributed by atoms with Crippen molar-refractivity contribution in [2.24, 2.45) is 7.05 Å². The Morgan fingerprint density at radius 1 is 1.07 bits per heavy atom. The highest BCUT2D eigenvalue weighted by Crippen LogP contribution is 2.32. The molecule has 4 heteroatoms. The minimum atomic E-state index is -1.03. The van der Waals surface area contributed by atoms with E-state index in [4.69, 9.17) is 0 Å². The van der Waals surface area contributed by atoms with Crippen molar-refractivity contribution in [1.82, 2.24) is 4.57 Å². The molecule has 0 bridgehead atoms. The quantitative estimate of drug-likeness (QED) is 0.656. The number of hydrogen-bond donors (Lipinski definition) is 1. The molecule has 1 heterocycles. The first-order chi connectivity index (χ1) is 13.4. The summed E-state index contributed by atoms with van der Waals surface area (Å²) >= 11 is 0. The topological polar surface area (TPSA) is 66.0 Å². The summed E-state index contributed by atoms with van der Waals surface area (Å²) in [6.07, 6.45) is 0.812. The molecule has 0 radical (unpaired) electrons. The first-order valence-corrected chi connectivity index (χ1v) is 9.40. The number of aromatic carboxylic acids is 1. The Morgan fingerprint density at radius 2 is 1.71 bits per heavy atom. The highest BCUT2D eigenvalue weighted by molar-refractivity contribution is 5.97. The van der Waals surface area contributed by atoms with Crippen LogP contribution >= 0.6 is 0 Å². The average Bonchev–Trinajstić information content (AvgIpc) is 2.95. The Hall–Kier alpha value is -3.32. The fourth-order valence-corrected chi connectivity index (χ4v) is 3.32. The second-order valence-corrected chi connectivity index (χ2v) is 6.52. The van der Waals surface area contributed by atoms with E-state index < -0.39 is 5.97 Å². The Labute approximate surface area is 166 Å². The molecule has 1 N–H and O–H groups in total. The molecule has 0 atom stereocenters. The maximum atomic E-state index is 11.7. The van der Waals surface area contributed by atoms with Gasteiger partial charge in [-0.25, -0.2) is 4.79 Å². The van der Waals surface area contributed by atoms with E-state index in [1.807, 2.05) is 44.2 Å². The molecule has 144 valence electrons. The third-order valence-electron chi connectivity index (χ3n) is 4.73. The molecule has 0 spiro atoms. The summed E-state index contributed by atoms with van der Waals surface area (Å²) < 4.78 is 1.57. The van der Waals surface area contributed by atoms with E-state index in [0.29, 0.717) is 16.8 Å². The number of nitrogens with zero attached hydrogens (tertiary/aromatic N) is 2. The lowest BCUT2D eigenvalue weighted by atomic mass is 9.97. The molecular formula is C24H26N2O2. The lowest BCUT2D eigenvalue weighted by Gasteiger charge is -2.07. The Morgan fingerprint density at radius 3 is 2.25 bits per heavy atom. The maximum Gasteiger partial charge on any atom is 0.353 e. The van der Waals surface area contributed by atoms with Gasteiger partial charge in [0.15, 0.2) is 0 Å². The van der Waals surface area contributed by atoms with Crippen LogP contribution in [-0.2, 0) is 13.5 Å². The molecule has 0 fully saturated rings. The van der Waals surface area contributed by atoms with Crippen LogP contribution in [0.1, 0.15) is 52.3 Å². The summed E-state index contributed by atoms with van der Waals surface area (Å²) in [4.78, 5) is 11.7. The van der Waals surface area contributed by atoms with Crippen LogP contribution in [0.3, 0.4) is 0 Å². The summed E-state index contributed by atoms with van der Waals surface area (Å²) in [7, 11) is 1.68. The molecule has 0 amide bonds. The van der Waals surface area contributed by atoms with Crippen LogP contribution in [-0.4, -0.2) is 15.6 Å². The maximum absolute atomic E-state index is 11.7. The molecule has 0 unspecified atom stereocenters. The third-order valence-corrected chi connectivity index (χ3v) is 4.73. The molecule has 3 aromatic rings. The van der Waals surface area contributed by atoms with E-state index in [1.54, 1.807) is 18.5 Å². The van der Waals surface area contributed by atoms with Crippen molar-refractivity contribution in [2.75, 3.05) is 0 Å². The highest BCUT2D eigenvalue weighted by Gasteiger charge is 2.24. The summed E-state index contributed by atoms with van der Waals surface area (Å²) in [5.41, 5.74) is 6.05. The normalized spacial score (nSPS) is 10.0. The molecule has 1 aromatic heterocycles. The van der Waals surface area contributed by atoms with Gasteiger partial charge in [0, 0.05) is 18.3 Å². The smallest absolute Gasteiger partial charge is 0.353 e. The van der Waals surface area contributed by atoms with Gasteiger partial charge in [-0.1, -0.05) is 67.9 Å². The molecule has 0 aliphatic carbocycles. The van der Waals surface area contributed by atoms with Gasteiger partial charge < -0.3 is 9.67 Å². The van der Waals surface area contributed by atoms with Crippen molar-refractivity contribution in [3.63, 3.8) is 0 Å². The van der Waals surface area contributed by atoms with E-state index >= 15 is 0 Å². The highest BCUT2D eigenvalue weighted by atomic mass is 16.4. The number of nitriles is 1.